The fraction of sp³-hybridized carbons (Fsp3) is 0.273. The van der Waals surface area contributed by atoms with Crippen LogP contribution in [-0.4, -0.2) is 15.6 Å². The number of halogens is 3. The van der Waals surface area contributed by atoms with Gasteiger partial charge in [-0.25, -0.2) is 9.78 Å². The molecule has 1 aliphatic rings. The van der Waals surface area contributed by atoms with E-state index in [1.165, 1.54) is 12.1 Å². The molecule has 1 fully saturated rings. The number of anilines is 1. The number of carbonyl (C=O) groups is 1. The standard InChI is InChI=1S/C22H21F3N4O/c1-14-5-6-16(11-19(14)29-10-9-26-13-29)20(15-7-8-15)28-21(30)27-18-4-2-3-17(12-18)22(23,24)25/h2-6,9-13,15,20H,7-8H2,1H3,(H2,27,28,30)/t20-/m0/s1. The summed E-state index contributed by atoms with van der Waals surface area (Å²) in [5, 5.41) is 5.46. The van der Waals surface area contributed by atoms with Crippen molar-refractivity contribution >= 4 is 11.7 Å². The monoisotopic (exact) mass is 414 g/mol. The average Bonchev–Trinajstić information content (AvgIpc) is 3.40. The van der Waals surface area contributed by atoms with Crippen LogP contribution in [0.3, 0.4) is 0 Å². The molecule has 1 heterocycles. The van der Waals surface area contributed by atoms with Crippen molar-refractivity contribution in [1.29, 1.82) is 0 Å². The van der Waals surface area contributed by atoms with Crippen molar-refractivity contribution < 1.29 is 18.0 Å². The van der Waals surface area contributed by atoms with Gasteiger partial charge in [-0.15, -0.1) is 0 Å². The predicted octanol–water partition coefficient (Wildman–Crippen LogP) is 5.47. The lowest BCUT2D eigenvalue weighted by Crippen LogP contribution is -2.33. The van der Waals surface area contributed by atoms with E-state index < -0.39 is 17.8 Å². The summed E-state index contributed by atoms with van der Waals surface area (Å²) in [6.07, 6.45) is 2.78. The van der Waals surface area contributed by atoms with Crippen LogP contribution in [0.2, 0.25) is 0 Å². The summed E-state index contributed by atoms with van der Waals surface area (Å²) in [6, 6.07) is 9.84. The number of hydrogen-bond donors (Lipinski definition) is 2. The molecule has 0 saturated heterocycles. The summed E-state index contributed by atoms with van der Waals surface area (Å²) < 4.78 is 40.6. The second-order valence-corrected chi connectivity index (χ2v) is 7.51. The van der Waals surface area contributed by atoms with Crippen LogP contribution < -0.4 is 10.6 Å². The third-order valence-corrected chi connectivity index (χ3v) is 5.20. The van der Waals surface area contributed by atoms with Gasteiger partial charge < -0.3 is 15.2 Å². The van der Waals surface area contributed by atoms with Crippen LogP contribution in [0.5, 0.6) is 0 Å². The molecule has 0 unspecified atom stereocenters. The SMILES string of the molecule is Cc1ccc([C@@H](NC(=O)Nc2cccc(C(F)(F)F)c2)C2CC2)cc1-n1ccnc1. The maximum absolute atomic E-state index is 12.9. The summed E-state index contributed by atoms with van der Waals surface area (Å²) in [6.45, 7) is 2.00. The van der Waals surface area contributed by atoms with Crippen LogP contribution >= 0.6 is 0 Å². The van der Waals surface area contributed by atoms with Crippen molar-refractivity contribution in [1.82, 2.24) is 14.9 Å². The number of rotatable bonds is 5. The normalized spacial score (nSPS) is 14.9. The van der Waals surface area contributed by atoms with Gasteiger partial charge >= 0.3 is 12.2 Å². The zero-order chi connectivity index (χ0) is 21.3. The summed E-state index contributed by atoms with van der Waals surface area (Å²) in [5.74, 6) is 0.301. The smallest absolute Gasteiger partial charge is 0.331 e. The largest absolute Gasteiger partial charge is 0.416 e. The van der Waals surface area contributed by atoms with Crippen molar-refractivity contribution in [3.63, 3.8) is 0 Å². The Hall–Kier alpha value is -3.29. The quantitative estimate of drug-likeness (QED) is 0.581. The number of carbonyl (C=O) groups excluding carboxylic acids is 1. The zero-order valence-corrected chi connectivity index (χ0v) is 16.3. The summed E-state index contributed by atoms with van der Waals surface area (Å²) in [4.78, 5) is 16.6. The van der Waals surface area contributed by atoms with Gasteiger partial charge in [-0.3, -0.25) is 0 Å². The number of hydrogen-bond acceptors (Lipinski definition) is 2. The highest BCUT2D eigenvalue weighted by Gasteiger charge is 2.34. The van der Waals surface area contributed by atoms with E-state index in [0.717, 1.165) is 41.8 Å². The third-order valence-electron chi connectivity index (χ3n) is 5.20. The van der Waals surface area contributed by atoms with Gasteiger partial charge in [0.25, 0.3) is 0 Å². The highest BCUT2D eigenvalue weighted by atomic mass is 19.4. The average molecular weight is 414 g/mol. The molecule has 1 atom stereocenters. The van der Waals surface area contributed by atoms with E-state index >= 15 is 0 Å². The molecule has 2 aromatic carbocycles. The molecule has 30 heavy (non-hydrogen) atoms. The lowest BCUT2D eigenvalue weighted by Gasteiger charge is -2.21. The molecule has 8 heteroatoms. The number of alkyl halides is 3. The Bertz CT molecular complexity index is 1040. The predicted molar refractivity (Wildman–Crippen MR) is 107 cm³/mol. The van der Waals surface area contributed by atoms with E-state index in [4.69, 9.17) is 0 Å². The van der Waals surface area contributed by atoms with Crippen molar-refractivity contribution in [2.75, 3.05) is 5.32 Å². The van der Waals surface area contributed by atoms with Crippen molar-refractivity contribution in [2.24, 2.45) is 5.92 Å². The first-order valence-electron chi connectivity index (χ1n) is 9.65. The third kappa shape index (κ3) is 4.48. The molecular formula is C22H21F3N4O. The van der Waals surface area contributed by atoms with Crippen LogP contribution in [0.25, 0.3) is 5.69 Å². The van der Waals surface area contributed by atoms with Crippen molar-refractivity contribution in [3.8, 4) is 5.69 Å². The Balaban J connectivity index is 1.53. The number of imidazole rings is 1. The number of benzene rings is 2. The molecule has 0 radical (unpaired) electrons. The van der Waals surface area contributed by atoms with E-state index in [9.17, 15) is 18.0 Å². The van der Waals surface area contributed by atoms with Crippen LogP contribution in [0, 0.1) is 12.8 Å². The Labute approximate surface area is 171 Å². The Morgan fingerprint density at radius 3 is 2.67 bits per heavy atom. The van der Waals surface area contributed by atoms with E-state index in [1.54, 1.807) is 12.5 Å². The summed E-state index contributed by atoms with van der Waals surface area (Å²) in [5.41, 5.74) is 2.28. The van der Waals surface area contributed by atoms with Gasteiger partial charge in [0.1, 0.15) is 0 Å². The van der Waals surface area contributed by atoms with Gasteiger partial charge in [-0.05, 0) is 61.1 Å². The minimum Gasteiger partial charge on any atom is -0.331 e. The number of nitrogens with zero attached hydrogens (tertiary/aromatic N) is 2. The summed E-state index contributed by atoms with van der Waals surface area (Å²) >= 11 is 0. The van der Waals surface area contributed by atoms with Gasteiger partial charge in [0, 0.05) is 23.8 Å². The fourth-order valence-electron chi connectivity index (χ4n) is 3.48. The molecule has 1 aliphatic carbocycles. The van der Waals surface area contributed by atoms with Crippen LogP contribution in [-0.2, 0) is 6.18 Å². The molecule has 156 valence electrons. The number of aryl methyl sites for hydroxylation is 1. The second kappa shape index (κ2) is 7.85. The number of amides is 2. The first-order chi connectivity index (χ1) is 14.3. The highest BCUT2D eigenvalue weighted by molar-refractivity contribution is 5.89. The topological polar surface area (TPSA) is 59.0 Å². The molecule has 0 bridgehead atoms. The molecule has 0 aliphatic heterocycles. The first-order valence-corrected chi connectivity index (χ1v) is 9.65. The molecule has 1 aromatic heterocycles. The first kappa shape index (κ1) is 20.0. The van der Waals surface area contributed by atoms with E-state index in [2.05, 4.69) is 15.6 Å². The zero-order valence-electron chi connectivity index (χ0n) is 16.3. The van der Waals surface area contributed by atoms with E-state index in [-0.39, 0.29) is 11.7 Å². The van der Waals surface area contributed by atoms with Crippen molar-refractivity contribution in [2.45, 2.75) is 32.0 Å². The highest BCUT2D eigenvalue weighted by Crippen LogP contribution is 2.41. The number of urea groups is 1. The molecule has 4 rings (SSSR count). The molecule has 3 aromatic rings. The number of aromatic nitrogens is 2. The van der Waals surface area contributed by atoms with E-state index in [0.29, 0.717) is 5.92 Å². The van der Waals surface area contributed by atoms with Crippen molar-refractivity contribution in [3.05, 3.63) is 77.9 Å². The Kier molecular flexibility index (Phi) is 5.24. The van der Waals surface area contributed by atoms with Crippen LogP contribution in [0.1, 0.15) is 35.6 Å². The fourth-order valence-corrected chi connectivity index (χ4v) is 3.48. The second-order valence-electron chi connectivity index (χ2n) is 7.51. The van der Waals surface area contributed by atoms with Crippen LogP contribution in [0.15, 0.2) is 61.2 Å². The van der Waals surface area contributed by atoms with Gasteiger partial charge in [0.05, 0.1) is 17.9 Å². The lowest BCUT2D eigenvalue weighted by atomic mass is 10.00. The molecular weight excluding hydrogens is 393 g/mol. The maximum atomic E-state index is 12.9. The summed E-state index contributed by atoms with van der Waals surface area (Å²) in [7, 11) is 0. The molecule has 0 spiro atoms. The van der Waals surface area contributed by atoms with Gasteiger partial charge in [-0.1, -0.05) is 18.2 Å². The minimum absolute atomic E-state index is 0.0971. The van der Waals surface area contributed by atoms with Crippen LogP contribution in [0.4, 0.5) is 23.7 Å². The van der Waals surface area contributed by atoms with E-state index in [1.807, 2.05) is 35.9 Å². The van der Waals surface area contributed by atoms with Gasteiger partial charge in [0.15, 0.2) is 0 Å². The molecule has 2 amide bonds. The Morgan fingerprint density at radius 2 is 2.00 bits per heavy atom. The number of nitrogens with one attached hydrogen (secondary N) is 2. The maximum Gasteiger partial charge on any atom is 0.416 e. The van der Waals surface area contributed by atoms with Gasteiger partial charge in [0.2, 0.25) is 0 Å². The molecule has 5 nitrogen and oxygen atoms in total. The minimum atomic E-state index is -4.46. The Morgan fingerprint density at radius 1 is 1.20 bits per heavy atom. The lowest BCUT2D eigenvalue weighted by molar-refractivity contribution is -0.137. The molecule has 2 N–H and O–H groups in total. The van der Waals surface area contributed by atoms with Gasteiger partial charge in [-0.2, -0.15) is 13.2 Å². The molecule has 1 saturated carbocycles.